The fraction of sp³-hybridized carbons (Fsp3) is 0.143. The molecular weight excluding hydrogens is 235 g/mol. The lowest BCUT2D eigenvalue weighted by molar-refractivity contribution is -0.131. The van der Waals surface area contributed by atoms with Gasteiger partial charge in [-0.3, -0.25) is 4.79 Å². The zero-order chi connectivity index (χ0) is 13.3. The van der Waals surface area contributed by atoms with E-state index in [1.807, 2.05) is 0 Å². The Hall–Kier alpha value is -2.23. The predicted octanol–water partition coefficient (Wildman–Crippen LogP) is 2.81. The maximum Gasteiger partial charge on any atom is 0.377 e. The van der Waals surface area contributed by atoms with Crippen molar-refractivity contribution in [2.24, 2.45) is 0 Å². The summed E-state index contributed by atoms with van der Waals surface area (Å²) in [7, 11) is 0. The number of Topliss-reactive ketones (excluding diaryl/α,β-unsaturated/α-hetero) is 1. The molecule has 0 fully saturated rings. The van der Waals surface area contributed by atoms with Crippen molar-refractivity contribution in [3.8, 4) is 0 Å². The fourth-order valence-corrected chi connectivity index (χ4v) is 2.04. The number of ketones is 1. The standard InChI is InChI=1S/C14H11FO3/c1-2-8-7-11(15)9-5-3-4-6-10(9)12(8)13(16)14(17)18/h3-7H,2H2,1H3,(H,17,18). The summed E-state index contributed by atoms with van der Waals surface area (Å²) >= 11 is 0. The van der Waals surface area contributed by atoms with E-state index in [1.54, 1.807) is 25.1 Å². The third kappa shape index (κ3) is 1.86. The minimum absolute atomic E-state index is 0.0852. The van der Waals surface area contributed by atoms with E-state index in [1.165, 1.54) is 12.1 Å². The zero-order valence-electron chi connectivity index (χ0n) is 9.74. The van der Waals surface area contributed by atoms with Gasteiger partial charge in [0.25, 0.3) is 5.78 Å². The minimum atomic E-state index is -1.53. The van der Waals surface area contributed by atoms with E-state index in [9.17, 15) is 14.0 Å². The number of halogens is 1. The van der Waals surface area contributed by atoms with E-state index in [0.717, 1.165) is 0 Å². The number of benzene rings is 2. The van der Waals surface area contributed by atoms with Crippen molar-refractivity contribution in [3.05, 3.63) is 47.3 Å². The summed E-state index contributed by atoms with van der Waals surface area (Å²) in [6.45, 7) is 1.75. The monoisotopic (exact) mass is 246 g/mol. The van der Waals surface area contributed by atoms with Gasteiger partial charge in [0.05, 0.1) is 0 Å². The molecule has 0 amide bonds. The van der Waals surface area contributed by atoms with E-state index in [-0.39, 0.29) is 10.9 Å². The molecule has 2 aromatic rings. The molecule has 92 valence electrons. The number of carbonyl (C=O) groups is 2. The van der Waals surface area contributed by atoms with Crippen LogP contribution in [0.15, 0.2) is 30.3 Å². The van der Waals surface area contributed by atoms with E-state index in [0.29, 0.717) is 17.4 Å². The van der Waals surface area contributed by atoms with Gasteiger partial charge in [-0.2, -0.15) is 0 Å². The third-order valence-corrected chi connectivity index (χ3v) is 2.88. The molecule has 1 N–H and O–H groups in total. The first-order chi connectivity index (χ1) is 8.56. The lowest BCUT2D eigenvalue weighted by Gasteiger charge is -2.10. The molecule has 0 bridgehead atoms. The number of hydrogen-bond acceptors (Lipinski definition) is 2. The highest BCUT2D eigenvalue weighted by Gasteiger charge is 2.22. The third-order valence-electron chi connectivity index (χ3n) is 2.88. The number of aryl methyl sites for hydroxylation is 1. The van der Waals surface area contributed by atoms with Gasteiger partial charge in [0.15, 0.2) is 0 Å². The molecule has 0 aliphatic carbocycles. The molecule has 0 aliphatic heterocycles. The van der Waals surface area contributed by atoms with Gasteiger partial charge in [-0.05, 0) is 23.4 Å². The quantitative estimate of drug-likeness (QED) is 0.669. The molecule has 0 heterocycles. The van der Waals surface area contributed by atoms with Crippen molar-refractivity contribution >= 4 is 22.5 Å². The molecule has 3 nitrogen and oxygen atoms in total. The first-order valence-electron chi connectivity index (χ1n) is 5.54. The average molecular weight is 246 g/mol. The lowest BCUT2D eigenvalue weighted by Crippen LogP contribution is -2.15. The number of fused-ring (bicyclic) bond motifs is 1. The highest BCUT2D eigenvalue weighted by molar-refractivity contribution is 6.42. The number of hydrogen-bond donors (Lipinski definition) is 1. The van der Waals surface area contributed by atoms with E-state index >= 15 is 0 Å². The summed E-state index contributed by atoms with van der Waals surface area (Å²) in [5.74, 6) is -2.96. The van der Waals surface area contributed by atoms with Crippen LogP contribution in [0.1, 0.15) is 22.8 Å². The average Bonchev–Trinajstić information content (AvgIpc) is 2.37. The maximum atomic E-state index is 13.8. The van der Waals surface area contributed by atoms with Gasteiger partial charge in [0, 0.05) is 10.9 Å². The Bertz CT molecular complexity index is 647. The van der Waals surface area contributed by atoms with Gasteiger partial charge in [-0.15, -0.1) is 0 Å². The molecule has 0 aliphatic rings. The van der Waals surface area contributed by atoms with Gasteiger partial charge in [0.2, 0.25) is 0 Å². The van der Waals surface area contributed by atoms with Crippen LogP contribution in [-0.2, 0) is 11.2 Å². The van der Waals surface area contributed by atoms with Crippen LogP contribution in [0.25, 0.3) is 10.8 Å². The van der Waals surface area contributed by atoms with E-state index < -0.39 is 17.6 Å². The SMILES string of the molecule is CCc1cc(F)c2ccccc2c1C(=O)C(=O)O. The molecular formula is C14H11FO3. The van der Waals surface area contributed by atoms with Gasteiger partial charge in [-0.1, -0.05) is 31.2 Å². The molecule has 0 radical (unpaired) electrons. The second-order valence-electron chi connectivity index (χ2n) is 3.93. The summed E-state index contributed by atoms with van der Waals surface area (Å²) in [6.07, 6.45) is 0.399. The summed E-state index contributed by atoms with van der Waals surface area (Å²) in [5, 5.41) is 9.45. The number of carboxylic acid groups (broad SMARTS) is 1. The Morgan fingerprint density at radius 1 is 1.22 bits per heavy atom. The predicted molar refractivity (Wildman–Crippen MR) is 65.3 cm³/mol. The summed E-state index contributed by atoms with van der Waals surface area (Å²) in [4.78, 5) is 22.6. The van der Waals surface area contributed by atoms with Gasteiger partial charge >= 0.3 is 5.97 Å². The Labute approximate surface area is 103 Å². The van der Waals surface area contributed by atoms with Crippen molar-refractivity contribution in [1.29, 1.82) is 0 Å². The number of rotatable bonds is 3. The van der Waals surface area contributed by atoms with Crippen LogP contribution in [0, 0.1) is 5.82 Å². The molecule has 2 aromatic carbocycles. The molecule has 2 rings (SSSR count). The fourth-order valence-electron chi connectivity index (χ4n) is 2.04. The van der Waals surface area contributed by atoms with Crippen molar-refractivity contribution < 1.29 is 19.1 Å². The molecule has 18 heavy (non-hydrogen) atoms. The topological polar surface area (TPSA) is 54.4 Å². The summed E-state index contributed by atoms with van der Waals surface area (Å²) in [6, 6.07) is 7.63. The van der Waals surface area contributed by atoms with Crippen LogP contribution in [0.4, 0.5) is 4.39 Å². The molecule has 0 saturated carbocycles. The van der Waals surface area contributed by atoms with Crippen molar-refractivity contribution in [3.63, 3.8) is 0 Å². The molecule has 0 spiro atoms. The Morgan fingerprint density at radius 2 is 1.83 bits per heavy atom. The Morgan fingerprint density at radius 3 is 2.39 bits per heavy atom. The molecule has 0 aromatic heterocycles. The second-order valence-corrected chi connectivity index (χ2v) is 3.93. The van der Waals surface area contributed by atoms with Crippen LogP contribution < -0.4 is 0 Å². The maximum absolute atomic E-state index is 13.8. The first kappa shape index (κ1) is 12.2. The van der Waals surface area contributed by atoms with Crippen LogP contribution in [0.3, 0.4) is 0 Å². The summed E-state index contributed by atoms with van der Waals surface area (Å²) < 4.78 is 13.8. The lowest BCUT2D eigenvalue weighted by atomic mass is 9.94. The van der Waals surface area contributed by atoms with Crippen LogP contribution in [0.2, 0.25) is 0 Å². The van der Waals surface area contributed by atoms with Crippen molar-refractivity contribution in [1.82, 2.24) is 0 Å². The minimum Gasteiger partial charge on any atom is -0.475 e. The van der Waals surface area contributed by atoms with Gasteiger partial charge in [0.1, 0.15) is 5.82 Å². The number of carbonyl (C=O) groups excluding carboxylic acids is 1. The highest BCUT2D eigenvalue weighted by atomic mass is 19.1. The number of aliphatic carboxylic acids is 1. The number of carboxylic acids is 1. The molecule has 0 unspecified atom stereocenters. The Kier molecular flexibility index (Phi) is 3.10. The Balaban J connectivity index is 2.88. The van der Waals surface area contributed by atoms with Crippen LogP contribution in [-0.4, -0.2) is 16.9 Å². The largest absolute Gasteiger partial charge is 0.475 e. The van der Waals surface area contributed by atoms with E-state index in [4.69, 9.17) is 5.11 Å². The van der Waals surface area contributed by atoms with Crippen LogP contribution >= 0.6 is 0 Å². The first-order valence-corrected chi connectivity index (χ1v) is 5.54. The second kappa shape index (κ2) is 4.56. The van der Waals surface area contributed by atoms with Crippen molar-refractivity contribution in [2.45, 2.75) is 13.3 Å². The summed E-state index contributed by atoms with van der Waals surface area (Å²) in [5.41, 5.74) is 0.501. The molecule has 0 atom stereocenters. The van der Waals surface area contributed by atoms with Crippen molar-refractivity contribution in [2.75, 3.05) is 0 Å². The van der Waals surface area contributed by atoms with Gasteiger partial charge < -0.3 is 5.11 Å². The normalized spacial score (nSPS) is 10.6. The smallest absolute Gasteiger partial charge is 0.377 e. The van der Waals surface area contributed by atoms with Gasteiger partial charge in [-0.25, -0.2) is 9.18 Å². The molecule has 4 heteroatoms. The zero-order valence-corrected chi connectivity index (χ0v) is 9.74. The molecule has 0 saturated heterocycles. The highest BCUT2D eigenvalue weighted by Crippen LogP contribution is 2.26. The van der Waals surface area contributed by atoms with E-state index in [2.05, 4.69) is 0 Å². The van der Waals surface area contributed by atoms with Crippen LogP contribution in [0.5, 0.6) is 0 Å².